The lowest BCUT2D eigenvalue weighted by molar-refractivity contribution is -0.766. The van der Waals surface area contributed by atoms with Gasteiger partial charge in [0.2, 0.25) is 0 Å². The first-order valence-corrected chi connectivity index (χ1v) is 2.18. The first-order chi connectivity index (χ1) is 3.66. The minimum atomic E-state index is -0.850. The van der Waals surface area contributed by atoms with Crippen LogP contribution < -0.4 is 5.73 Å². The second-order valence-electron chi connectivity index (χ2n) is 1.38. The van der Waals surface area contributed by atoms with Gasteiger partial charge in [-0.05, 0) is 6.92 Å². The van der Waals surface area contributed by atoms with Crippen LogP contribution in [0.4, 0.5) is 0 Å². The van der Waals surface area contributed by atoms with Crippen LogP contribution in [0.2, 0.25) is 0 Å². The van der Waals surface area contributed by atoms with Gasteiger partial charge in [-0.2, -0.15) is 0 Å². The van der Waals surface area contributed by atoms with Gasteiger partial charge in [-0.1, -0.05) is 0 Å². The Labute approximate surface area is 46.5 Å². The maximum absolute atomic E-state index is 9.50. The highest BCUT2D eigenvalue weighted by Crippen LogP contribution is 1.84. The highest BCUT2D eigenvalue weighted by Gasteiger charge is 2.01. The largest absolute Gasteiger partial charge is 0.328 e. The molecule has 2 N–H and O–H groups in total. The van der Waals surface area contributed by atoms with E-state index in [1.54, 1.807) is 0 Å². The normalized spacial score (nSPS) is 12.8. The molecule has 0 aliphatic carbocycles. The van der Waals surface area contributed by atoms with Crippen molar-refractivity contribution in [1.82, 2.24) is 0 Å². The zero-order valence-electron chi connectivity index (χ0n) is 4.53. The van der Waals surface area contributed by atoms with Crippen LogP contribution in [-0.2, 0) is 4.84 Å². The lowest BCUT2D eigenvalue weighted by Crippen LogP contribution is -2.22. The minimum absolute atomic E-state index is 0.168. The molecule has 0 bridgehead atoms. The summed E-state index contributed by atoms with van der Waals surface area (Å²) in [6.45, 7) is 1.70. The molecule has 0 aromatic rings. The van der Waals surface area contributed by atoms with E-state index in [1.165, 1.54) is 6.92 Å². The fraction of sp³-hybridized carbons (Fsp3) is 1.00. The predicted octanol–water partition coefficient (Wildman–Crippen LogP) is -0.458. The van der Waals surface area contributed by atoms with Crippen molar-refractivity contribution in [3.8, 4) is 0 Å². The van der Waals surface area contributed by atoms with Crippen LogP contribution >= 0.6 is 0 Å². The second kappa shape index (κ2) is 3.20. The Kier molecular flexibility index (Phi) is 2.86. The number of hydrogen-bond acceptors (Lipinski definition) is 4. The molecule has 0 aromatic heterocycles. The standard InChI is InChI=1S/C3H8N2O3/c1-3(2-4)8-5(6)7/h3H,2,4H2,1H3/t3-/m0/s1. The van der Waals surface area contributed by atoms with Crippen molar-refractivity contribution >= 4 is 0 Å². The summed E-state index contributed by atoms with van der Waals surface area (Å²) in [5, 5.41) is 8.65. The fourth-order valence-corrected chi connectivity index (χ4v) is 0.190. The quantitative estimate of drug-likeness (QED) is 0.404. The lowest BCUT2D eigenvalue weighted by atomic mass is 10.4. The van der Waals surface area contributed by atoms with E-state index in [0.717, 1.165) is 0 Å². The van der Waals surface area contributed by atoms with E-state index in [-0.39, 0.29) is 6.54 Å². The number of nitrogens with two attached hydrogens (primary N) is 1. The number of rotatable bonds is 3. The zero-order valence-corrected chi connectivity index (χ0v) is 4.53. The Morgan fingerprint density at radius 3 is 2.62 bits per heavy atom. The summed E-state index contributed by atoms with van der Waals surface area (Å²) in [7, 11) is 0. The molecule has 0 aromatic carbocycles. The summed E-state index contributed by atoms with van der Waals surface area (Å²) in [6.07, 6.45) is -0.495. The fourth-order valence-electron chi connectivity index (χ4n) is 0.190. The Morgan fingerprint density at radius 2 is 2.50 bits per heavy atom. The molecule has 0 rings (SSSR count). The van der Waals surface area contributed by atoms with Crippen LogP contribution in [0.3, 0.4) is 0 Å². The van der Waals surface area contributed by atoms with E-state index in [0.29, 0.717) is 0 Å². The first-order valence-electron chi connectivity index (χ1n) is 2.18. The van der Waals surface area contributed by atoms with E-state index < -0.39 is 11.2 Å². The Balaban J connectivity index is 3.24. The van der Waals surface area contributed by atoms with Gasteiger partial charge in [-0.15, -0.1) is 10.1 Å². The average Bonchev–Trinajstić information content (AvgIpc) is 1.65. The van der Waals surface area contributed by atoms with Crippen molar-refractivity contribution in [3.63, 3.8) is 0 Å². The minimum Gasteiger partial charge on any atom is -0.328 e. The molecule has 0 unspecified atom stereocenters. The van der Waals surface area contributed by atoms with Crippen molar-refractivity contribution in [2.75, 3.05) is 6.54 Å². The molecule has 0 radical (unpaired) electrons. The van der Waals surface area contributed by atoms with Gasteiger partial charge in [0, 0.05) is 6.54 Å². The Morgan fingerprint density at radius 1 is 2.00 bits per heavy atom. The van der Waals surface area contributed by atoms with E-state index in [1.807, 2.05) is 0 Å². The molecular formula is C3H8N2O3. The molecule has 0 saturated heterocycles. The van der Waals surface area contributed by atoms with Crippen LogP contribution in [0.15, 0.2) is 0 Å². The molecule has 0 spiro atoms. The van der Waals surface area contributed by atoms with Crippen LogP contribution in [0.5, 0.6) is 0 Å². The molecular weight excluding hydrogens is 112 g/mol. The molecule has 0 aliphatic rings. The maximum Gasteiger partial charge on any atom is 0.294 e. The average molecular weight is 120 g/mol. The summed E-state index contributed by atoms with van der Waals surface area (Å²) < 4.78 is 0. The summed E-state index contributed by atoms with van der Waals surface area (Å²) in [6, 6.07) is 0. The third-order valence-electron chi connectivity index (χ3n) is 0.598. The molecule has 0 saturated carbocycles. The molecule has 0 aliphatic heterocycles. The predicted molar refractivity (Wildman–Crippen MR) is 26.6 cm³/mol. The molecule has 5 heteroatoms. The van der Waals surface area contributed by atoms with E-state index in [4.69, 9.17) is 5.73 Å². The van der Waals surface area contributed by atoms with E-state index >= 15 is 0 Å². The first kappa shape index (κ1) is 7.16. The van der Waals surface area contributed by atoms with Gasteiger partial charge in [-0.25, -0.2) is 0 Å². The summed E-state index contributed by atoms with van der Waals surface area (Å²) in [5.74, 6) is 0. The van der Waals surface area contributed by atoms with Crippen molar-refractivity contribution in [3.05, 3.63) is 10.1 Å². The maximum atomic E-state index is 9.50. The van der Waals surface area contributed by atoms with Crippen LogP contribution in [0, 0.1) is 10.1 Å². The van der Waals surface area contributed by atoms with E-state index in [2.05, 4.69) is 4.84 Å². The highest BCUT2D eigenvalue weighted by molar-refractivity contribution is 4.42. The molecule has 1 atom stereocenters. The van der Waals surface area contributed by atoms with E-state index in [9.17, 15) is 10.1 Å². The summed E-state index contributed by atoms with van der Waals surface area (Å²) in [4.78, 5) is 13.5. The monoisotopic (exact) mass is 120 g/mol. The van der Waals surface area contributed by atoms with Crippen LogP contribution in [0.1, 0.15) is 6.92 Å². The van der Waals surface area contributed by atoms with Crippen molar-refractivity contribution in [2.24, 2.45) is 5.73 Å². The smallest absolute Gasteiger partial charge is 0.294 e. The van der Waals surface area contributed by atoms with Gasteiger partial charge in [0.1, 0.15) is 6.10 Å². The summed E-state index contributed by atoms with van der Waals surface area (Å²) in [5.41, 5.74) is 4.99. The van der Waals surface area contributed by atoms with Crippen molar-refractivity contribution in [2.45, 2.75) is 13.0 Å². The Hall–Kier alpha value is -0.840. The van der Waals surface area contributed by atoms with Crippen LogP contribution in [-0.4, -0.2) is 17.7 Å². The van der Waals surface area contributed by atoms with Gasteiger partial charge in [0.15, 0.2) is 0 Å². The topological polar surface area (TPSA) is 78.4 Å². The zero-order chi connectivity index (χ0) is 6.57. The van der Waals surface area contributed by atoms with Gasteiger partial charge < -0.3 is 10.6 Å². The molecule has 0 fully saturated rings. The molecule has 8 heavy (non-hydrogen) atoms. The van der Waals surface area contributed by atoms with Crippen molar-refractivity contribution < 1.29 is 9.92 Å². The van der Waals surface area contributed by atoms with Gasteiger partial charge in [-0.3, -0.25) is 0 Å². The molecule has 0 amide bonds. The molecule has 48 valence electrons. The second-order valence-corrected chi connectivity index (χ2v) is 1.38. The third kappa shape index (κ3) is 3.35. The lowest BCUT2D eigenvalue weighted by Gasteiger charge is -2.02. The number of hydrogen-bond donors (Lipinski definition) is 1. The summed E-state index contributed by atoms with van der Waals surface area (Å²) >= 11 is 0. The number of nitrogens with zero attached hydrogens (tertiary/aromatic N) is 1. The highest BCUT2D eigenvalue weighted by atomic mass is 17.0. The SMILES string of the molecule is C[C@@H](CN)O[N+](=O)[O-]. The third-order valence-corrected chi connectivity index (χ3v) is 0.598. The van der Waals surface area contributed by atoms with Gasteiger partial charge in [0.05, 0.1) is 0 Å². The van der Waals surface area contributed by atoms with Crippen molar-refractivity contribution in [1.29, 1.82) is 0 Å². The molecule has 5 nitrogen and oxygen atoms in total. The molecule has 0 heterocycles. The van der Waals surface area contributed by atoms with Gasteiger partial charge in [0.25, 0.3) is 5.09 Å². The Bertz CT molecular complexity index is 84.6. The van der Waals surface area contributed by atoms with Crippen LogP contribution in [0.25, 0.3) is 0 Å². The van der Waals surface area contributed by atoms with Gasteiger partial charge >= 0.3 is 0 Å².